The summed E-state index contributed by atoms with van der Waals surface area (Å²) in [4.78, 5) is 1.43. The van der Waals surface area contributed by atoms with Crippen LogP contribution in [0.4, 0.5) is 0 Å². The Morgan fingerprint density at radius 3 is 2.76 bits per heavy atom. The van der Waals surface area contributed by atoms with Crippen molar-refractivity contribution in [3.8, 4) is 0 Å². The van der Waals surface area contributed by atoms with Gasteiger partial charge < -0.3 is 5.32 Å². The van der Waals surface area contributed by atoms with Gasteiger partial charge in [0, 0.05) is 17.2 Å². The summed E-state index contributed by atoms with van der Waals surface area (Å²) in [5.74, 6) is 2.14. The number of rotatable bonds is 6. The molecule has 1 nitrogen and oxygen atoms in total. The number of aryl methyl sites for hydroxylation is 1. The summed E-state index contributed by atoms with van der Waals surface area (Å²) in [5, 5.41) is 3.60. The highest BCUT2D eigenvalue weighted by molar-refractivity contribution is 7.99. The number of hydrogen-bond acceptors (Lipinski definition) is 2. The molecule has 2 rings (SSSR count). The van der Waals surface area contributed by atoms with E-state index in [1.807, 2.05) is 11.8 Å². The molecule has 0 aliphatic heterocycles. The highest BCUT2D eigenvalue weighted by Gasteiger charge is 2.13. The SMILES string of the molecule is Cc1ccccc1SCCNCC1CCCC1. The normalized spacial score (nSPS) is 16.5. The Morgan fingerprint density at radius 1 is 1.24 bits per heavy atom. The Kier molecular flexibility index (Phi) is 5.40. The highest BCUT2D eigenvalue weighted by atomic mass is 32.2. The van der Waals surface area contributed by atoms with Gasteiger partial charge in [-0.25, -0.2) is 0 Å². The molecule has 0 radical (unpaired) electrons. The molecule has 1 aliphatic rings. The fourth-order valence-corrected chi connectivity index (χ4v) is 3.41. The van der Waals surface area contributed by atoms with Crippen LogP contribution in [0.2, 0.25) is 0 Å². The molecule has 1 fully saturated rings. The standard InChI is InChI=1S/C15H23NS/c1-13-6-2-5-9-15(13)17-11-10-16-12-14-7-3-4-8-14/h2,5-6,9,14,16H,3-4,7-8,10-12H2,1H3. The quantitative estimate of drug-likeness (QED) is 0.607. The number of hydrogen-bond donors (Lipinski definition) is 1. The molecule has 17 heavy (non-hydrogen) atoms. The van der Waals surface area contributed by atoms with Gasteiger partial charge in [0.2, 0.25) is 0 Å². The molecule has 0 aromatic heterocycles. The maximum Gasteiger partial charge on any atom is 0.0106 e. The van der Waals surface area contributed by atoms with Gasteiger partial charge in [-0.05, 0) is 43.9 Å². The lowest BCUT2D eigenvalue weighted by atomic mass is 10.1. The number of benzene rings is 1. The van der Waals surface area contributed by atoms with Crippen molar-refractivity contribution in [3.63, 3.8) is 0 Å². The summed E-state index contributed by atoms with van der Waals surface area (Å²) < 4.78 is 0. The van der Waals surface area contributed by atoms with E-state index in [0.717, 1.165) is 12.5 Å². The van der Waals surface area contributed by atoms with E-state index >= 15 is 0 Å². The first-order valence-corrected chi connectivity index (χ1v) is 7.74. The molecule has 1 N–H and O–H groups in total. The molecule has 0 heterocycles. The first kappa shape index (κ1) is 13.0. The van der Waals surface area contributed by atoms with Crippen LogP contribution in [0.25, 0.3) is 0 Å². The van der Waals surface area contributed by atoms with E-state index in [1.54, 1.807) is 0 Å². The van der Waals surface area contributed by atoms with Crippen LogP contribution in [-0.4, -0.2) is 18.8 Å². The Balaban J connectivity index is 1.58. The molecule has 1 aromatic rings. The van der Waals surface area contributed by atoms with Crippen molar-refractivity contribution in [1.29, 1.82) is 0 Å². The lowest BCUT2D eigenvalue weighted by molar-refractivity contribution is 0.500. The Hall–Kier alpha value is -0.470. The molecular formula is C15H23NS. The molecule has 0 spiro atoms. The Morgan fingerprint density at radius 2 is 2.00 bits per heavy atom. The van der Waals surface area contributed by atoms with Crippen molar-refractivity contribution in [3.05, 3.63) is 29.8 Å². The van der Waals surface area contributed by atoms with Crippen molar-refractivity contribution in [2.24, 2.45) is 5.92 Å². The second-order valence-corrected chi connectivity index (χ2v) is 6.11. The van der Waals surface area contributed by atoms with Crippen LogP contribution in [-0.2, 0) is 0 Å². The molecule has 94 valence electrons. The fraction of sp³-hybridized carbons (Fsp3) is 0.600. The summed E-state index contributed by atoms with van der Waals surface area (Å²) in [6.45, 7) is 4.55. The van der Waals surface area contributed by atoms with Crippen LogP contribution in [0.1, 0.15) is 31.2 Å². The summed E-state index contributed by atoms with van der Waals surface area (Å²) >= 11 is 1.97. The van der Waals surface area contributed by atoms with E-state index in [4.69, 9.17) is 0 Å². The lowest BCUT2D eigenvalue weighted by Crippen LogP contribution is -2.23. The van der Waals surface area contributed by atoms with E-state index in [9.17, 15) is 0 Å². The highest BCUT2D eigenvalue weighted by Crippen LogP contribution is 2.24. The van der Waals surface area contributed by atoms with Gasteiger partial charge in [-0.3, -0.25) is 0 Å². The Labute approximate surface area is 109 Å². The van der Waals surface area contributed by atoms with Gasteiger partial charge in [0.1, 0.15) is 0 Å². The fourth-order valence-electron chi connectivity index (χ4n) is 2.47. The van der Waals surface area contributed by atoms with Crippen LogP contribution < -0.4 is 5.32 Å². The molecule has 1 aromatic carbocycles. The minimum absolute atomic E-state index is 0.957. The third-order valence-corrected chi connectivity index (χ3v) is 4.72. The summed E-state index contributed by atoms with van der Waals surface area (Å²) in [6.07, 6.45) is 5.78. The minimum atomic E-state index is 0.957. The van der Waals surface area contributed by atoms with Gasteiger partial charge in [0.25, 0.3) is 0 Å². The zero-order valence-corrected chi connectivity index (χ0v) is 11.6. The van der Waals surface area contributed by atoms with Gasteiger partial charge in [0.15, 0.2) is 0 Å². The number of nitrogens with one attached hydrogen (secondary N) is 1. The number of thioether (sulfide) groups is 1. The molecule has 0 unspecified atom stereocenters. The van der Waals surface area contributed by atoms with Gasteiger partial charge >= 0.3 is 0 Å². The molecule has 0 amide bonds. The maximum atomic E-state index is 3.60. The smallest absolute Gasteiger partial charge is 0.0106 e. The molecule has 0 saturated heterocycles. The molecule has 0 atom stereocenters. The topological polar surface area (TPSA) is 12.0 Å². The van der Waals surface area contributed by atoms with E-state index in [1.165, 1.54) is 48.4 Å². The maximum absolute atomic E-state index is 3.60. The predicted molar refractivity (Wildman–Crippen MR) is 76.7 cm³/mol. The van der Waals surface area contributed by atoms with Gasteiger partial charge in [-0.15, -0.1) is 11.8 Å². The van der Waals surface area contributed by atoms with Crippen LogP contribution >= 0.6 is 11.8 Å². The van der Waals surface area contributed by atoms with Crippen molar-refractivity contribution >= 4 is 11.8 Å². The zero-order valence-electron chi connectivity index (χ0n) is 10.7. The third-order valence-electron chi connectivity index (χ3n) is 3.54. The van der Waals surface area contributed by atoms with Crippen LogP contribution in [0.15, 0.2) is 29.2 Å². The molecule has 1 saturated carbocycles. The lowest BCUT2D eigenvalue weighted by Gasteiger charge is -2.10. The average Bonchev–Trinajstić information content (AvgIpc) is 2.84. The third kappa shape index (κ3) is 4.36. The summed E-state index contributed by atoms with van der Waals surface area (Å²) in [5.41, 5.74) is 1.40. The van der Waals surface area contributed by atoms with Gasteiger partial charge in [-0.2, -0.15) is 0 Å². The van der Waals surface area contributed by atoms with E-state index < -0.39 is 0 Å². The van der Waals surface area contributed by atoms with Gasteiger partial charge in [0.05, 0.1) is 0 Å². The van der Waals surface area contributed by atoms with E-state index in [-0.39, 0.29) is 0 Å². The van der Waals surface area contributed by atoms with Crippen molar-refractivity contribution < 1.29 is 0 Å². The van der Waals surface area contributed by atoms with Crippen LogP contribution in [0, 0.1) is 12.8 Å². The van der Waals surface area contributed by atoms with Crippen molar-refractivity contribution in [2.45, 2.75) is 37.5 Å². The Bertz CT molecular complexity index is 331. The van der Waals surface area contributed by atoms with Crippen LogP contribution in [0.3, 0.4) is 0 Å². The van der Waals surface area contributed by atoms with Crippen molar-refractivity contribution in [2.75, 3.05) is 18.8 Å². The average molecular weight is 249 g/mol. The summed E-state index contributed by atoms with van der Waals surface area (Å²) in [6, 6.07) is 8.64. The van der Waals surface area contributed by atoms with E-state index in [0.29, 0.717) is 0 Å². The first-order chi connectivity index (χ1) is 8.36. The molecule has 1 aliphatic carbocycles. The first-order valence-electron chi connectivity index (χ1n) is 6.75. The monoisotopic (exact) mass is 249 g/mol. The summed E-state index contributed by atoms with van der Waals surface area (Å²) in [7, 11) is 0. The largest absolute Gasteiger partial charge is 0.316 e. The van der Waals surface area contributed by atoms with Crippen molar-refractivity contribution in [1.82, 2.24) is 5.32 Å². The van der Waals surface area contributed by atoms with Crippen LogP contribution in [0.5, 0.6) is 0 Å². The molecular weight excluding hydrogens is 226 g/mol. The second-order valence-electron chi connectivity index (χ2n) is 4.97. The second kappa shape index (κ2) is 7.07. The zero-order chi connectivity index (χ0) is 11.9. The molecule has 2 heteroatoms. The predicted octanol–water partition coefficient (Wildman–Crippen LogP) is 3.87. The minimum Gasteiger partial charge on any atom is -0.316 e. The van der Waals surface area contributed by atoms with Gasteiger partial charge in [-0.1, -0.05) is 31.0 Å². The molecule has 0 bridgehead atoms. The van der Waals surface area contributed by atoms with E-state index in [2.05, 4.69) is 36.5 Å².